The average Bonchev–Trinajstić information content (AvgIpc) is 2.30. The van der Waals surface area contributed by atoms with Crippen molar-refractivity contribution in [1.29, 1.82) is 0 Å². The summed E-state index contributed by atoms with van der Waals surface area (Å²) in [4.78, 5) is 9.44. The van der Waals surface area contributed by atoms with Crippen molar-refractivity contribution in [1.82, 2.24) is 9.97 Å². The standard InChI is InChI=1S/C10H18N4O2/c1-3-4-5-16-8-6-12-10(11)13-9(8)14(2)7-15/h6,15H,3-5,7H2,1-2H3,(H2,11,12,13). The van der Waals surface area contributed by atoms with E-state index in [9.17, 15) is 0 Å². The zero-order chi connectivity index (χ0) is 12.0. The molecular formula is C10H18N4O2. The number of nitrogen functional groups attached to an aromatic ring is 1. The number of aliphatic hydroxyl groups excluding tert-OH is 1. The van der Waals surface area contributed by atoms with Gasteiger partial charge in [-0.1, -0.05) is 13.3 Å². The van der Waals surface area contributed by atoms with Crippen LogP contribution in [0.5, 0.6) is 5.75 Å². The molecule has 0 amide bonds. The summed E-state index contributed by atoms with van der Waals surface area (Å²) in [7, 11) is 1.70. The number of anilines is 2. The molecule has 90 valence electrons. The molecule has 1 heterocycles. The average molecular weight is 226 g/mol. The van der Waals surface area contributed by atoms with Crippen molar-refractivity contribution in [2.24, 2.45) is 0 Å². The highest BCUT2D eigenvalue weighted by Crippen LogP contribution is 2.24. The van der Waals surface area contributed by atoms with Crippen LogP contribution >= 0.6 is 0 Å². The van der Waals surface area contributed by atoms with Gasteiger partial charge >= 0.3 is 0 Å². The summed E-state index contributed by atoms with van der Waals surface area (Å²) >= 11 is 0. The highest BCUT2D eigenvalue weighted by atomic mass is 16.5. The first-order valence-corrected chi connectivity index (χ1v) is 5.26. The number of ether oxygens (including phenoxy) is 1. The van der Waals surface area contributed by atoms with E-state index in [4.69, 9.17) is 15.6 Å². The van der Waals surface area contributed by atoms with Gasteiger partial charge in [-0.25, -0.2) is 4.98 Å². The lowest BCUT2D eigenvalue weighted by atomic mass is 10.4. The predicted molar refractivity (Wildman–Crippen MR) is 62.3 cm³/mol. The molecule has 0 bridgehead atoms. The molecule has 0 unspecified atom stereocenters. The zero-order valence-corrected chi connectivity index (χ0v) is 9.68. The fourth-order valence-electron chi connectivity index (χ4n) is 1.14. The number of rotatable bonds is 6. The molecule has 0 fully saturated rings. The predicted octanol–water partition coefficient (Wildman–Crippen LogP) is 0.624. The van der Waals surface area contributed by atoms with Crippen LogP contribution in [0.3, 0.4) is 0 Å². The third kappa shape index (κ3) is 3.23. The summed E-state index contributed by atoms with van der Waals surface area (Å²) in [6.45, 7) is 2.54. The summed E-state index contributed by atoms with van der Waals surface area (Å²) in [6.07, 6.45) is 3.55. The van der Waals surface area contributed by atoms with E-state index in [1.54, 1.807) is 11.9 Å². The Labute approximate surface area is 95.1 Å². The van der Waals surface area contributed by atoms with Crippen molar-refractivity contribution in [2.75, 3.05) is 31.0 Å². The third-order valence-corrected chi connectivity index (χ3v) is 2.08. The SMILES string of the molecule is CCCCOc1cnc(N)nc1N(C)CO. The zero-order valence-electron chi connectivity index (χ0n) is 9.68. The Morgan fingerprint density at radius 3 is 2.94 bits per heavy atom. The molecule has 6 nitrogen and oxygen atoms in total. The molecule has 0 atom stereocenters. The van der Waals surface area contributed by atoms with Crippen LogP contribution in [0.2, 0.25) is 0 Å². The van der Waals surface area contributed by atoms with Gasteiger partial charge in [0.25, 0.3) is 0 Å². The Kier molecular flexibility index (Phi) is 4.78. The molecule has 0 aliphatic rings. The second kappa shape index (κ2) is 6.12. The van der Waals surface area contributed by atoms with Crippen molar-refractivity contribution >= 4 is 11.8 Å². The third-order valence-electron chi connectivity index (χ3n) is 2.08. The molecule has 1 rings (SSSR count). The van der Waals surface area contributed by atoms with Gasteiger partial charge in [0.05, 0.1) is 12.8 Å². The summed E-state index contributed by atoms with van der Waals surface area (Å²) in [6, 6.07) is 0. The van der Waals surface area contributed by atoms with Crippen molar-refractivity contribution in [3.8, 4) is 5.75 Å². The van der Waals surface area contributed by atoms with Gasteiger partial charge in [-0.15, -0.1) is 0 Å². The second-order valence-electron chi connectivity index (χ2n) is 3.46. The lowest BCUT2D eigenvalue weighted by Gasteiger charge is -2.18. The number of aromatic nitrogens is 2. The molecule has 0 saturated carbocycles. The Bertz CT molecular complexity index is 333. The van der Waals surface area contributed by atoms with Crippen molar-refractivity contribution in [3.63, 3.8) is 0 Å². The largest absolute Gasteiger partial charge is 0.488 e. The maximum absolute atomic E-state index is 9.04. The van der Waals surface area contributed by atoms with Crippen LogP contribution in [0, 0.1) is 0 Å². The van der Waals surface area contributed by atoms with Crippen LogP contribution in [0.25, 0.3) is 0 Å². The van der Waals surface area contributed by atoms with Gasteiger partial charge in [-0.2, -0.15) is 4.98 Å². The highest BCUT2D eigenvalue weighted by molar-refractivity contribution is 5.52. The van der Waals surface area contributed by atoms with Crippen LogP contribution < -0.4 is 15.4 Å². The van der Waals surface area contributed by atoms with Crippen molar-refractivity contribution in [3.05, 3.63) is 6.20 Å². The molecule has 0 aliphatic heterocycles. The fourth-order valence-corrected chi connectivity index (χ4v) is 1.14. The molecule has 0 radical (unpaired) electrons. The van der Waals surface area contributed by atoms with Gasteiger partial charge in [-0.05, 0) is 6.42 Å². The minimum Gasteiger partial charge on any atom is -0.488 e. The van der Waals surface area contributed by atoms with Crippen LogP contribution in [0.15, 0.2) is 6.20 Å². The number of nitrogens with two attached hydrogens (primary N) is 1. The van der Waals surface area contributed by atoms with E-state index in [2.05, 4.69) is 16.9 Å². The van der Waals surface area contributed by atoms with Gasteiger partial charge < -0.3 is 20.5 Å². The van der Waals surface area contributed by atoms with E-state index >= 15 is 0 Å². The van der Waals surface area contributed by atoms with E-state index in [1.165, 1.54) is 6.20 Å². The maximum atomic E-state index is 9.04. The Morgan fingerprint density at radius 2 is 2.31 bits per heavy atom. The van der Waals surface area contributed by atoms with Gasteiger partial charge in [0, 0.05) is 7.05 Å². The Balaban J connectivity index is 2.80. The second-order valence-corrected chi connectivity index (χ2v) is 3.46. The first-order valence-electron chi connectivity index (χ1n) is 5.26. The molecule has 1 aromatic rings. The number of hydrogen-bond acceptors (Lipinski definition) is 6. The molecule has 0 aliphatic carbocycles. The summed E-state index contributed by atoms with van der Waals surface area (Å²) in [5.41, 5.74) is 5.49. The Morgan fingerprint density at radius 1 is 1.56 bits per heavy atom. The van der Waals surface area contributed by atoms with Crippen LogP contribution in [0.4, 0.5) is 11.8 Å². The van der Waals surface area contributed by atoms with E-state index in [0.29, 0.717) is 18.2 Å². The van der Waals surface area contributed by atoms with E-state index in [-0.39, 0.29) is 12.7 Å². The van der Waals surface area contributed by atoms with Crippen LogP contribution in [-0.4, -0.2) is 35.5 Å². The number of hydrogen-bond donors (Lipinski definition) is 2. The van der Waals surface area contributed by atoms with E-state index in [0.717, 1.165) is 12.8 Å². The van der Waals surface area contributed by atoms with Gasteiger partial charge in [-0.3, -0.25) is 0 Å². The van der Waals surface area contributed by atoms with E-state index in [1.807, 2.05) is 0 Å². The molecule has 0 spiro atoms. The fraction of sp³-hybridized carbons (Fsp3) is 0.600. The van der Waals surface area contributed by atoms with E-state index < -0.39 is 0 Å². The maximum Gasteiger partial charge on any atom is 0.222 e. The smallest absolute Gasteiger partial charge is 0.222 e. The topological polar surface area (TPSA) is 84.5 Å². The minimum atomic E-state index is -0.152. The molecule has 3 N–H and O–H groups in total. The number of aliphatic hydroxyl groups is 1. The number of nitrogens with zero attached hydrogens (tertiary/aromatic N) is 3. The first kappa shape index (κ1) is 12.5. The quantitative estimate of drug-likeness (QED) is 0.546. The van der Waals surface area contributed by atoms with Crippen LogP contribution in [-0.2, 0) is 0 Å². The lowest BCUT2D eigenvalue weighted by molar-refractivity contribution is 0.286. The van der Waals surface area contributed by atoms with Gasteiger partial charge in [0.15, 0.2) is 11.6 Å². The summed E-state index contributed by atoms with van der Waals surface area (Å²) < 4.78 is 5.52. The summed E-state index contributed by atoms with van der Waals surface area (Å²) in [5, 5.41) is 9.04. The monoisotopic (exact) mass is 226 g/mol. The normalized spacial score (nSPS) is 10.2. The van der Waals surface area contributed by atoms with Crippen molar-refractivity contribution < 1.29 is 9.84 Å². The molecule has 16 heavy (non-hydrogen) atoms. The van der Waals surface area contributed by atoms with Gasteiger partial charge in [0.2, 0.25) is 5.95 Å². The Hall–Kier alpha value is -1.56. The molecular weight excluding hydrogens is 208 g/mol. The first-order chi connectivity index (χ1) is 7.69. The summed E-state index contributed by atoms with van der Waals surface area (Å²) in [5.74, 6) is 1.21. The van der Waals surface area contributed by atoms with Crippen LogP contribution in [0.1, 0.15) is 19.8 Å². The molecule has 0 aromatic carbocycles. The van der Waals surface area contributed by atoms with Crippen molar-refractivity contribution in [2.45, 2.75) is 19.8 Å². The molecule has 6 heteroatoms. The minimum absolute atomic E-state index is 0.152. The number of unbranched alkanes of at least 4 members (excludes halogenated alkanes) is 1. The lowest BCUT2D eigenvalue weighted by Crippen LogP contribution is -2.21. The highest BCUT2D eigenvalue weighted by Gasteiger charge is 2.11. The van der Waals surface area contributed by atoms with Gasteiger partial charge in [0.1, 0.15) is 6.73 Å². The molecule has 0 saturated heterocycles. The molecule has 1 aromatic heterocycles.